The molecule has 1 nitrogen and oxygen atoms in total. The summed E-state index contributed by atoms with van der Waals surface area (Å²) in [5.41, 5.74) is 12.1. The molecule has 1 heteroatoms. The second-order valence-corrected chi connectivity index (χ2v) is 11.9. The van der Waals surface area contributed by atoms with Crippen molar-refractivity contribution >= 4 is 38.1 Å². The highest BCUT2D eigenvalue weighted by Crippen LogP contribution is 2.45. The average molecular weight is 575 g/mol. The minimum atomic E-state index is 0.968. The van der Waals surface area contributed by atoms with Crippen LogP contribution in [0.3, 0.4) is 0 Å². The maximum Gasteiger partial charge on any atom is 0.138 e. The predicted molar refractivity (Wildman–Crippen MR) is 189 cm³/mol. The molecule has 0 N–H and O–H groups in total. The van der Waals surface area contributed by atoms with Gasteiger partial charge >= 0.3 is 0 Å². The van der Waals surface area contributed by atoms with Crippen LogP contribution in [0.2, 0.25) is 0 Å². The van der Waals surface area contributed by atoms with E-state index in [1.165, 1.54) is 77.0 Å². The van der Waals surface area contributed by atoms with Crippen LogP contribution >= 0.6 is 0 Å². The molecule has 212 valence electrons. The summed E-state index contributed by atoms with van der Waals surface area (Å²) in [5.74, 6) is 1.02. The Bertz CT molecular complexity index is 2410. The first-order valence-corrected chi connectivity index (χ1v) is 15.7. The molecule has 0 saturated carbocycles. The van der Waals surface area contributed by atoms with Crippen molar-refractivity contribution in [3.05, 3.63) is 175 Å². The van der Waals surface area contributed by atoms with E-state index in [9.17, 15) is 0 Å². The topological polar surface area (TPSA) is 13.1 Å². The molecule has 0 atom stereocenters. The van der Waals surface area contributed by atoms with Gasteiger partial charge in [-0.05, 0) is 91.5 Å². The zero-order chi connectivity index (χ0) is 29.7. The van der Waals surface area contributed by atoms with Crippen molar-refractivity contribution < 1.29 is 4.42 Å². The van der Waals surface area contributed by atoms with Crippen LogP contribution in [-0.2, 0) is 6.42 Å². The molecule has 1 heterocycles. The van der Waals surface area contributed by atoms with Crippen LogP contribution in [0.1, 0.15) is 23.3 Å². The van der Waals surface area contributed by atoms with Crippen molar-refractivity contribution in [2.24, 2.45) is 0 Å². The lowest BCUT2D eigenvalue weighted by Gasteiger charge is -2.19. The second-order valence-electron chi connectivity index (χ2n) is 11.9. The fraction of sp³-hybridized carbons (Fsp3) is 0.0455. The van der Waals surface area contributed by atoms with Crippen LogP contribution in [0.25, 0.3) is 71.5 Å². The van der Waals surface area contributed by atoms with Gasteiger partial charge < -0.3 is 4.42 Å². The molecule has 45 heavy (non-hydrogen) atoms. The van der Waals surface area contributed by atoms with Crippen LogP contribution in [-0.4, -0.2) is 0 Å². The third kappa shape index (κ3) is 4.24. The number of allylic oxidation sites excluding steroid dienone is 1. The predicted octanol–water partition coefficient (Wildman–Crippen LogP) is 12.1. The van der Waals surface area contributed by atoms with E-state index in [1.807, 2.05) is 0 Å². The first kappa shape index (κ1) is 25.8. The minimum Gasteiger partial charge on any atom is -0.456 e. The number of hydrogen-bond donors (Lipinski definition) is 0. The van der Waals surface area contributed by atoms with Gasteiger partial charge in [0.25, 0.3) is 0 Å². The molecule has 7 aromatic carbocycles. The molecule has 1 aliphatic rings. The Hall–Kier alpha value is -5.66. The van der Waals surface area contributed by atoms with E-state index in [1.54, 1.807) is 0 Å². The van der Waals surface area contributed by atoms with Gasteiger partial charge in [-0.25, -0.2) is 0 Å². The third-order valence-corrected chi connectivity index (χ3v) is 9.34. The number of aryl methyl sites for hydroxylation is 1. The van der Waals surface area contributed by atoms with Crippen LogP contribution < -0.4 is 0 Å². The molecule has 1 aromatic heterocycles. The Labute approximate surface area is 262 Å². The summed E-state index contributed by atoms with van der Waals surface area (Å²) in [5, 5.41) is 6.30. The average Bonchev–Trinajstić information content (AvgIpc) is 3.50. The lowest BCUT2D eigenvalue weighted by molar-refractivity contribution is 0.591. The van der Waals surface area contributed by atoms with Crippen molar-refractivity contribution in [3.63, 3.8) is 0 Å². The molecule has 0 unspecified atom stereocenters. The van der Waals surface area contributed by atoms with Crippen LogP contribution in [0.15, 0.2) is 162 Å². The summed E-state index contributed by atoms with van der Waals surface area (Å²) in [6.45, 7) is 0. The largest absolute Gasteiger partial charge is 0.456 e. The van der Waals surface area contributed by atoms with E-state index in [-0.39, 0.29) is 0 Å². The number of fused-ring (bicyclic) bond motifs is 5. The summed E-state index contributed by atoms with van der Waals surface area (Å²) in [7, 11) is 0. The van der Waals surface area contributed by atoms with Gasteiger partial charge in [0.1, 0.15) is 11.3 Å². The summed E-state index contributed by atoms with van der Waals surface area (Å²) < 4.78 is 6.45. The lowest BCUT2D eigenvalue weighted by Crippen LogP contribution is -1.98. The molecule has 0 aliphatic heterocycles. The Morgan fingerprint density at radius 2 is 0.956 bits per heavy atom. The fourth-order valence-corrected chi connectivity index (χ4v) is 7.32. The maximum atomic E-state index is 6.45. The van der Waals surface area contributed by atoms with Gasteiger partial charge in [-0.2, -0.15) is 0 Å². The molecule has 0 spiro atoms. The molecular formula is C44H30O. The van der Waals surface area contributed by atoms with E-state index >= 15 is 0 Å². The van der Waals surface area contributed by atoms with Gasteiger partial charge in [0, 0.05) is 16.5 Å². The molecule has 0 bridgehead atoms. The highest BCUT2D eigenvalue weighted by atomic mass is 16.3. The lowest BCUT2D eigenvalue weighted by atomic mass is 9.84. The number of furan rings is 1. The fourth-order valence-electron chi connectivity index (χ4n) is 7.32. The quantitative estimate of drug-likeness (QED) is 0.191. The number of benzene rings is 7. The standard InChI is InChI=1S/C44H30O/c1-3-13-29(14-4-1)42-36-20-7-8-21-37(36)43(30-15-5-2-6-16-30)40-28-32(25-26-38(40)42)31-17-11-18-33(27-31)34-22-12-23-39-35-19-9-10-24-41(35)45-44(34)39/h1-11,13-22,24-28H,12,23H2. The van der Waals surface area contributed by atoms with E-state index in [0.29, 0.717) is 0 Å². The van der Waals surface area contributed by atoms with E-state index in [0.717, 1.165) is 24.2 Å². The first-order valence-electron chi connectivity index (χ1n) is 15.7. The molecule has 9 rings (SSSR count). The minimum absolute atomic E-state index is 0.968. The highest BCUT2D eigenvalue weighted by molar-refractivity contribution is 6.22. The Morgan fingerprint density at radius 3 is 1.69 bits per heavy atom. The van der Waals surface area contributed by atoms with Crippen LogP contribution in [0, 0.1) is 0 Å². The normalized spacial score (nSPS) is 12.8. The molecular weight excluding hydrogens is 544 g/mol. The van der Waals surface area contributed by atoms with E-state index in [4.69, 9.17) is 4.42 Å². The zero-order valence-corrected chi connectivity index (χ0v) is 24.8. The molecule has 0 radical (unpaired) electrons. The molecule has 8 aromatic rings. The van der Waals surface area contributed by atoms with E-state index < -0.39 is 0 Å². The zero-order valence-electron chi connectivity index (χ0n) is 24.8. The van der Waals surface area contributed by atoms with Crippen molar-refractivity contribution in [3.8, 4) is 33.4 Å². The SMILES string of the molecule is C1=C(c2cccc(-c3ccc4c(-c5ccccc5)c5ccccc5c(-c5ccccc5)c4c3)c2)c2oc3ccccc3c2CC1. The Kier molecular flexibility index (Phi) is 6.02. The molecule has 0 fully saturated rings. The van der Waals surface area contributed by atoms with Crippen molar-refractivity contribution in [1.29, 1.82) is 0 Å². The number of para-hydroxylation sites is 1. The summed E-state index contributed by atoms with van der Waals surface area (Å²) in [6.07, 6.45) is 4.37. The smallest absolute Gasteiger partial charge is 0.138 e. The maximum absolute atomic E-state index is 6.45. The first-order chi connectivity index (χ1) is 22.3. The third-order valence-electron chi connectivity index (χ3n) is 9.34. The van der Waals surface area contributed by atoms with E-state index in [2.05, 4.69) is 158 Å². The molecule has 1 aliphatic carbocycles. The van der Waals surface area contributed by atoms with Gasteiger partial charge in [0.05, 0.1) is 0 Å². The second kappa shape index (κ2) is 10.5. The van der Waals surface area contributed by atoms with Gasteiger partial charge in [-0.3, -0.25) is 0 Å². The van der Waals surface area contributed by atoms with Gasteiger partial charge in [-0.15, -0.1) is 0 Å². The molecule has 0 saturated heterocycles. The summed E-state index contributed by atoms with van der Waals surface area (Å²) in [6, 6.07) is 54.9. The van der Waals surface area contributed by atoms with Crippen LogP contribution in [0.4, 0.5) is 0 Å². The summed E-state index contributed by atoms with van der Waals surface area (Å²) in [4.78, 5) is 0. The molecule has 0 amide bonds. The number of rotatable bonds is 4. The van der Waals surface area contributed by atoms with Crippen molar-refractivity contribution in [2.75, 3.05) is 0 Å². The van der Waals surface area contributed by atoms with Gasteiger partial charge in [-0.1, -0.05) is 140 Å². The van der Waals surface area contributed by atoms with Crippen LogP contribution in [0.5, 0.6) is 0 Å². The highest BCUT2D eigenvalue weighted by Gasteiger charge is 2.22. The Morgan fingerprint density at radius 1 is 0.400 bits per heavy atom. The Balaban J connectivity index is 1.26. The monoisotopic (exact) mass is 574 g/mol. The van der Waals surface area contributed by atoms with Gasteiger partial charge in [0.2, 0.25) is 0 Å². The van der Waals surface area contributed by atoms with Crippen molar-refractivity contribution in [1.82, 2.24) is 0 Å². The van der Waals surface area contributed by atoms with Gasteiger partial charge in [0.15, 0.2) is 0 Å². The van der Waals surface area contributed by atoms with Crippen molar-refractivity contribution in [2.45, 2.75) is 12.8 Å². The number of hydrogen-bond acceptors (Lipinski definition) is 1. The summed E-state index contributed by atoms with van der Waals surface area (Å²) >= 11 is 0.